The molecule has 0 fully saturated rings. The third-order valence-electron chi connectivity index (χ3n) is 6.67. The standard InChI is InChI=1S/C25H31F3N4S/c1-16(14-30-24(33-3)31-15-29)9-11-20-17(2)21-13-19(25(26,27)28)10-12-22(21)32-23(20)18-7-5-4-6-8-18/h4-7,10,12-13,16-18,20,23,32H,8-9,11,14H2,1-3H3,(H,30,31)/t16-,17?,18?,20-,23+/m1/s1. The average molecular weight is 477 g/mol. The maximum absolute atomic E-state index is 13.4. The number of amidine groups is 1. The molecule has 0 bridgehead atoms. The predicted octanol–water partition coefficient (Wildman–Crippen LogP) is 6.56. The van der Waals surface area contributed by atoms with Gasteiger partial charge >= 0.3 is 6.18 Å². The minimum Gasteiger partial charge on any atom is -0.381 e. The molecule has 2 N–H and O–H groups in total. The minimum atomic E-state index is -4.35. The Morgan fingerprint density at radius 2 is 2.15 bits per heavy atom. The Balaban J connectivity index is 1.80. The van der Waals surface area contributed by atoms with E-state index in [4.69, 9.17) is 5.26 Å². The van der Waals surface area contributed by atoms with Crippen LogP contribution < -0.4 is 10.6 Å². The number of hydrogen-bond acceptors (Lipinski definition) is 4. The van der Waals surface area contributed by atoms with Crippen LogP contribution in [0.4, 0.5) is 18.9 Å². The molecule has 0 amide bonds. The number of halogens is 3. The summed E-state index contributed by atoms with van der Waals surface area (Å²) in [4.78, 5) is 4.48. The molecule has 2 aliphatic rings. The first-order chi connectivity index (χ1) is 15.7. The van der Waals surface area contributed by atoms with Crippen LogP contribution >= 0.6 is 11.8 Å². The molecule has 33 heavy (non-hydrogen) atoms. The molecule has 1 aliphatic carbocycles. The molecule has 1 aliphatic heterocycles. The number of allylic oxidation sites excluding steroid dienone is 3. The SMILES string of the molecule is CSC(=NC[C@H](C)CC[C@@H]1C(C)c2cc(C(F)(F)F)ccc2N[C@H]1C1C=CC=CC1)NC#N. The van der Waals surface area contributed by atoms with Crippen LogP contribution in [0.1, 0.15) is 50.2 Å². The Morgan fingerprint density at radius 3 is 2.79 bits per heavy atom. The zero-order valence-corrected chi connectivity index (χ0v) is 20.0. The third-order valence-corrected chi connectivity index (χ3v) is 7.28. The van der Waals surface area contributed by atoms with Gasteiger partial charge in [-0.25, -0.2) is 0 Å². The first-order valence-electron chi connectivity index (χ1n) is 11.3. The second-order valence-electron chi connectivity index (χ2n) is 8.90. The van der Waals surface area contributed by atoms with E-state index in [1.807, 2.05) is 18.5 Å². The van der Waals surface area contributed by atoms with Crippen LogP contribution in [0.2, 0.25) is 0 Å². The fourth-order valence-electron chi connectivity index (χ4n) is 4.81. The summed E-state index contributed by atoms with van der Waals surface area (Å²) in [5, 5.41) is 15.6. The quantitative estimate of drug-likeness (QED) is 0.211. The van der Waals surface area contributed by atoms with Crippen LogP contribution in [0.25, 0.3) is 0 Å². The number of thioether (sulfide) groups is 1. The highest BCUT2D eigenvalue weighted by atomic mass is 32.2. The van der Waals surface area contributed by atoms with E-state index < -0.39 is 11.7 Å². The van der Waals surface area contributed by atoms with Gasteiger partial charge in [-0.15, -0.1) is 0 Å². The number of benzene rings is 1. The fraction of sp³-hybridized carbons (Fsp3) is 0.520. The van der Waals surface area contributed by atoms with Gasteiger partial charge in [-0.1, -0.05) is 49.9 Å². The highest BCUT2D eigenvalue weighted by molar-refractivity contribution is 8.13. The first-order valence-corrected chi connectivity index (χ1v) is 12.5. The number of nitrogens with one attached hydrogen (secondary N) is 2. The molecule has 2 unspecified atom stereocenters. The summed E-state index contributed by atoms with van der Waals surface area (Å²) in [6.07, 6.45) is 10.6. The van der Waals surface area contributed by atoms with Gasteiger partial charge in [0.2, 0.25) is 0 Å². The van der Waals surface area contributed by atoms with Crippen LogP contribution in [0, 0.1) is 29.2 Å². The molecule has 0 spiro atoms. The van der Waals surface area contributed by atoms with Gasteiger partial charge in [0.15, 0.2) is 11.4 Å². The Bertz CT molecular complexity index is 948. The van der Waals surface area contributed by atoms with Crippen LogP contribution in [0.5, 0.6) is 0 Å². The molecule has 1 aromatic rings. The molecule has 178 valence electrons. The van der Waals surface area contributed by atoms with Crippen LogP contribution in [0.15, 0.2) is 47.5 Å². The first kappa shape index (κ1) is 25.2. The highest BCUT2D eigenvalue weighted by Gasteiger charge is 2.39. The monoisotopic (exact) mass is 476 g/mol. The largest absolute Gasteiger partial charge is 0.416 e. The van der Waals surface area contributed by atoms with Gasteiger partial charge in [0, 0.05) is 24.2 Å². The maximum Gasteiger partial charge on any atom is 0.416 e. The molecule has 0 saturated carbocycles. The lowest BCUT2D eigenvalue weighted by Gasteiger charge is -2.43. The third kappa shape index (κ3) is 6.35. The van der Waals surface area contributed by atoms with Crippen molar-refractivity contribution in [3.8, 4) is 6.19 Å². The molecule has 8 heteroatoms. The van der Waals surface area contributed by atoms with Crippen molar-refractivity contribution in [2.24, 2.45) is 22.7 Å². The van der Waals surface area contributed by atoms with Gasteiger partial charge in [-0.2, -0.15) is 18.4 Å². The molecule has 1 heterocycles. The second-order valence-corrected chi connectivity index (χ2v) is 9.70. The Morgan fingerprint density at radius 1 is 1.36 bits per heavy atom. The highest BCUT2D eigenvalue weighted by Crippen LogP contribution is 2.45. The van der Waals surface area contributed by atoms with Gasteiger partial charge < -0.3 is 5.32 Å². The van der Waals surface area contributed by atoms with E-state index in [-0.39, 0.29) is 17.9 Å². The zero-order chi connectivity index (χ0) is 24.0. The summed E-state index contributed by atoms with van der Waals surface area (Å²) >= 11 is 1.40. The van der Waals surface area contributed by atoms with Crippen molar-refractivity contribution in [3.63, 3.8) is 0 Å². The summed E-state index contributed by atoms with van der Waals surface area (Å²) < 4.78 is 40.1. The lowest BCUT2D eigenvalue weighted by atomic mass is 9.70. The number of rotatable bonds is 6. The number of aliphatic imine (C=N–C) groups is 1. The molecule has 0 radical (unpaired) electrons. The Labute approximate surface area is 198 Å². The number of nitriles is 1. The van der Waals surface area contributed by atoms with E-state index in [9.17, 15) is 13.2 Å². The van der Waals surface area contributed by atoms with Crippen molar-refractivity contribution >= 4 is 22.6 Å². The molecule has 5 atom stereocenters. The van der Waals surface area contributed by atoms with Crippen LogP contribution in [-0.2, 0) is 6.18 Å². The van der Waals surface area contributed by atoms with Gasteiger partial charge in [0.1, 0.15) is 0 Å². The van der Waals surface area contributed by atoms with Crippen molar-refractivity contribution in [1.29, 1.82) is 5.26 Å². The van der Waals surface area contributed by atoms with Gasteiger partial charge in [-0.05, 0) is 67.0 Å². The predicted molar refractivity (Wildman–Crippen MR) is 130 cm³/mol. The van der Waals surface area contributed by atoms with Gasteiger partial charge in [0.25, 0.3) is 0 Å². The van der Waals surface area contributed by atoms with Crippen molar-refractivity contribution in [2.45, 2.75) is 51.2 Å². The lowest BCUT2D eigenvalue weighted by molar-refractivity contribution is -0.137. The van der Waals surface area contributed by atoms with Crippen molar-refractivity contribution in [3.05, 3.63) is 53.6 Å². The van der Waals surface area contributed by atoms with Crippen LogP contribution in [0.3, 0.4) is 0 Å². The van der Waals surface area contributed by atoms with E-state index in [1.165, 1.54) is 23.9 Å². The van der Waals surface area contributed by atoms with E-state index in [1.54, 1.807) is 6.07 Å². The van der Waals surface area contributed by atoms with Gasteiger partial charge in [0.05, 0.1) is 5.56 Å². The molecule has 0 saturated heterocycles. The number of anilines is 1. The van der Waals surface area contributed by atoms with E-state index in [0.717, 1.165) is 30.5 Å². The fourth-order valence-corrected chi connectivity index (χ4v) is 5.16. The van der Waals surface area contributed by atoms with Crippen molar-refractivity contribution in [1.82, 2.24) is 5.32 Å². The average Bonchev–Trinajstić information content (AvgIpc) is 2.80. The summed E-state index contributed by atoms with van der Waals surface area (Å²) in [6, 6.07) is 4.23. The lowest BCUT2D eigenvalue weighted by Crippen LogP contribution is -2.42. The number of nitrogens with zero attached hydrogens (tertiary/aromatic N) is 2. The zero-order valence-electron chi connectivity index (χ0n) is 19.2. The van der Waals surface area contributed by atoms with Gasteiger partial charge in [-0.3, -0.25) is 10.3 Å². The maximum atomic E-state index is 13.4. The van der Waals surface area contributed by atoms with Crippen LogP contribution in [-0.4, -0.2) is 24.0 Å². The Kier molecular flexibility index (Phi) is 8.52. The molecular formula is C25H31F3N4S. The van der Waals surface area contributed by atoms with E-state index in [0.29, 0.717) is 23.5 Å². The normalized spacial score (nSPS) is 25.7. The molecule has 4 nitrogen and oxygen atoms in total. The second kappa shape index (κ2) is 11.1. The molecule has 0 aromatic heterocycles. The molecule has 1 aromatic carbocycles. The van der Waals surface area contributed by atoms with E-state index >= 15 is 0 Å². The summed E-state index contributed by atoms with van der Waals surface area (Å²) in [7, 11) is 0. The molecular weight excluding hydrogens is 445 g/mol. The molecule has 3 rings (SSSR count). The summed E-state index contributed by atoms with van der Waals surface area (Å²) in [5.74, 6) is 0.802. The van der Waals surface area contributed by atoms with Crippen molar-refractivity contribution < 1.29 is 13.2 Å². The summed E-state index contributed by atoms with van der Waals surface area (Å²) in [5.41, 5.74) is 0.962. The number of fused-ring (bicyclic) bond motifs is 1. The van der Waals surface area contributed by atoms with Crippen molar-refractivity contribution in [2.75, 3.05) is 18.1 Å². The topological polar surface area (TPSA) is 60.2 Å². The van der Waals surface area contributed by atoms with E-state index in [2.05, 4.69) is 47.7 Å². The Hall–Kier alpha value is -2.40. The summed E-state index contributed by atoms with van der Waals surface area (Å²) in [6.45, 7) is 4.79. The minimum absolute atomic E-state index is 0.00516. The smallest absolute Gasteiger partial charge is 0.381 e. The number of alkyl halides is 3. The number of hydrogen-bond donors (Lipinski definition) is 2.